The Morgan fingerprint density at radius 1 is 0.895 bits per heavy atom. The number of halogens is 3. The largest absolute Gasteiger partial charge is 0.497 e. The first-order valence-corrected chi connectivity index (χ1v) is 12.4. The van der Waals surface area contributed by atoms with Crippen LogP contribution in [0.25, 0.3) is 0 Å². The average molecular weight is 526 g/mol. The van der Waals surface area contributed by atoms with Crippen molar-refractivity contribution >= 4 is 11.6 Å². The number of piperidine rings is 1. The predicted octanol–water partition coefficient (Wildman–Crippen LogP) is 5.46. The molecule has 0 bridgehead atoms. The van der Waals surface area contributed by atoms with Crippen LogP contribution in [0.5, 0.6) is 5.75 Å². The first-order chi connectivity index (χ1) is 18.3. The highest BCUT2D eigenvalue weighted by Gasteiger charge is 2.46. The van der Waals surface area contributed by atoms with Crippen molar-refractivity contribution < 1.29 is 32.2 Å². The van der Waals surface area contributed by atoms with E-state index < -0.39 is 46.6 Å². The molecule has 38 heavy (non-hydrogen) atoms. The summed E-state index contributed by atoms with van der Waals surface area (Å²) in [6.45, 7) is 2.80. The zero-order valence-electron chi connectivity index (χ0n) is 21.5. The van der Waals surface area contributed by atoms with Crippen molar-refractivity contribution in [1.82, 2.24) is 4.90 Å². The second-order valence-corrected chi connectivity index (χ2v) is 9.51. The van der Waals surface area contributed by atoms with E-state index in [1.807, 2.05) is 4.90 Å². The summed E-state index contributed by atoms with van der Waals surface area (Å²) in [6, 6.07) is 14.7. The molecule has 1 fully saturated rings. The number of Topliss-reactive ketones (excluding diaryl/α,β-unsaturated/α-hetero) is 2. The first-order valence-electron chi connectivity index (χ1n) is 12.4. The van der Waals surface area contributed by atoms with Gasteiger partial charge in [-0.1, -0.05) is 30.3 Å². The minimum atomic E-state index is -1.24. The van der Waals surface area contributed by atoms with E-state index in [1.54, 1.807) is 44.4 Å². The lowest BCUT2D eigenvalue weighted by Crippen LogP contribution is -2.51. The van der Waals surface area contributed by atoms with Gasteiger partial charge in [-0.3, -0.25) is 14.5 Å². The molecule has 1 aliphatic rings. The fourth-order valence-electron chi connectivity index (χ4n) is 5.34. The molecule has 1 aliphatic heterocycles. The molecule has 0 aliphatic carbocycles. The number of hydrogen-bond donors (Lipinski definition) is 0. The highest BCUT2D eigenvalue weighted by Crippen LogP contribution is 2.42. The number of benzene rings is 3. The Balaban J connectivity index is 1.88. The number of ketones is 2. The van der Waals surface area contributed by atoms with Gasteiger partial charge in [-0.2, -0.15) is 0 Å². The number of hydrogen-bond acceptors (Lipinski definition) is 5. The SMILES string of the molecule is COCCN1C[C@H](C(=O)c2cccc(OC)c2)[C@H](c2cccc(F)c2C)[C@@H](C(=O)c2cccc(F)c2F)C1. The third-order valence-corrected chi connectivity index (χ3v) is 7.30. The van der Waals surface area contributed by atoms with Gasteiger partial charge in [-0.05, 0) is 48.4 Å². The quantitative estimate of drug-likeness (QED) is 0.347. The summed E-state index contributed by atoms with van der Waals surface area (Å²) in [7, 11) is 3.05. The van der Waals surface area contributed by atoms with Gasteiger partial charge in [-0.25, -0.2) is 13.2 Å². The number of carbonyl (C=O) groups is 2. The van der Waals surface area contributed by atoms with Crippen LogP contribution in [-0.4, -0.2) is 56.9 Å². The second kappa shape index (κ2) is 11.9. The topological polar surface area (TPSA) is 55.8 Å². The minimum absolute atomic E-state index is 0.167. The van der Waals surface area contributed by atoms with E-state index in [-0.39, 0.29) is 18.9 Å². The molecule has 200 valence electrons. The maximum absolute atomic E-state index is 14.8. The zero-order valence-corrected chi connectivity index (χ0v) is 21.5. The maximum atomic E-state index is 14.8. The normalized spacial score (nSPS) is 19.8. The Labute approximate surface area is 220 Å². The van der Waals surface area contributed by atoms with E-state index >= 15 is 0 Å². The van der Waals surface area contributed by atoms with Gasteiger partial charge in [-0.15, -0.1) is 0 Å². The molecule has 1 saturated heterocycles. The van der Waals surface area contributed by atoms with E-state index in [9.17, 15) is 22.8 Å². The summed E-state index contributed by atoms with van der Waals surface area (Å²) in [4.78, 5) is 29.8. The summed E-state index contributed by atoms with van der Waals surface area (Å²) in [6.07, 6.45) is 0. The third kappa shape index (κ3) is 5.51. The van der Waals surface area contributed by atoms with Gasteiger partial charge in [0.25, 0.3) is 0 Å². The van der Waals surface area contributed by atoms with Crippen LogP contribution in [0, 0.1) is 36.2 Å². The van der Waals surface area contributed by atoms with Crippen molar-refractivity contribution in [3.63, 3.8) is 0 Å². The number of carbonyl (C=O) groups excluding carboxylic acids is 2. The van der Waals surface area contributed by atoms with Crippen molar-refractivity contribution in [1.29, 1.82) is 0 Å². The standard InChI is InChI=1S/C30H30F3NO4/c1-18-21(9-5-11-25(18)31)27-23(29(35)19-7-4-8-20(15-19)38-3)16-34(13-14-37-2)17-24(27)30(36)22-10-6-12-26(32)28(22)33/h4-12,15,23-24,27H,13-14,16-17H2,1-3H3/t23-,24-,27-/m0/s1. The molecule has 0 radical (unpaired) electrons. The Hall–Kier alpha value is -3.49. The summed E-state index contributed by atoms with van der Waals surface area (Å²) < 4.78 is 54.2. The fourth-order valence-corrected chi connectivity index (χ4v) is 5.34. The third-order valence-electron chi connectivity index (χ3n) is 7.30. The molecule has 0 aromatic heterocycles. The van der Waals surface area contributed by atoms with Crippen LogP contribution < -0.4 is 4.74 Å². The first kappa shape index (κ1) is 27.5. The molecule has 0 amide bonds. The number of ether oxygens (including phenoxy) is 2. The molecule has 3 aromatic rings. The van der Waals surface area contributed by atoms with Gasteiger partial charge in [0, 0.05) is 50.1 Å². The van der Waals surface area contributed by atoms with Crippen molar-refractivity contribution in [2.75, 3.05) is 40.5 Å². The van der Waals surface area contributed by atoms with Gasteiger partial charge >= 0.3 is 0 Å². The van der Waals surface area contributed by atoms with Crippen LogP contribution in [0.4, 0.5) is 13.2 Å². The summed E-state index contributed by atoms with van der Waals surface area (Å²) in [5.41, 5.74) is 0.789. The van der Waals surface area contributed by atoms with Gasteiger partial charge in [0.05, 0.1) is 19.3 Å². The van der Waals surface area contributed by atoms with Crippen LogP contribution in [-0.2, 0) is 4.74 Å². The highest BCUT2D eigenvalue weighted by atomic mass is 19.2. The fraction of sp³-hybridized carbons (Fsp3) is 0.333. The molecule has 1 heterocycles. The van der Waals surface area contributed by atoms with Crippen LogP contribution in [0.15, 0.2) is 60.7 Å². The van der Waals surface area contributed by atoms with Gasteiger partial charge < -0.3 is 9.47 Å². The summed E-state index contributed by atoms with van der Waals surface area (Å²) >= 11 is 0. The monoisotopic (exact) mass is 525 g/mol. The maximum Gasteiger partial charge on any atom is 0.170 e. The van der Waals surface area contributed by atoms with Crippen LogP contribution in [0.3, 0.4) is 0 Å². The van der Waals surface area contributed by atoms with Crippen LogP contribution in [0.1, 0.15) is 37.8 Å². The van der Waals surface area contributed by atoms with Gasteiger partial charge in [0.15, 0.2) is 23.2 Å². The van der Waals surface area contributed by atoms with Crippen molar-refractivity contribution in [3.05, 3.63) is 100 Å². The molecular weight excluding hydrogens is 495 g/mol. The van der Waals surface area contributed by atoms with Gasteiger partial charge in [0.2, 0.25) is 0 Å². The molecule has 8 heteroatoms. The number of rotatable bonds is 9. The second-order valence-electron chi connectivity index (χ2n) is 9.51. The zero-order chi connectivity index (χ0) is 27.4. The highest BCUT2D eigenvalue weighted by molar-refractivity contribution is 6.02. The van der Waals surface area contributed by atoms with Crippen molar-refractivity contribution in [3.8, 4) is 5.75 Å². The average Bonchev–Trinajstić information content (AvgIpc) is 2.93. The molecule has 0 spiro atoms. The number of likely N-dealkylation sites (tertiary alicyclic amines) is 1. The van der Waals surface area contributed by atoms with E-state index in [0.717, 1.165) is 6.07 Å². The molecule has 3 atom stereocenters. The van der Waals surface area contributed by atoms with Gasteiger partial charge in [0.1, 0.15) is 11.6 Å². The Kier molecular flexibility index (Phi) is 8.64. The molecule has 4 rings (SSSR count). The Morgan fingerprint density at radius 2 is 1.55 bits per heavy atom. The summed E-state index contributed by atoms with van der Waals surface area (Å²) in [5.74, 6) is -5.74. The lowest BCUT2D eigenvalue weighted by atomic mass is 9.67. The lowest BCUT2D eigenvalue weighted by molar-refractivity contribution is 0.0495. The summed E-state index contributed by atoms with van der Waals surface area (Å²) in [5, 5.41) is 0. The van der Waals surface area contributed by atoms with Crippen LogP contribution in [0.2, 0.25) is 0 Å². The predicted molar refractivity (Wildman–Crippen MR) is 137 cm³/mol. The van der Waals surface area contributed by atoms with Crippen molar-refractivity contribution in [2.45, 2.75) is 12.8 Å². The molecule has 0 unspecified atom stereocenters. The molecule has 5 nitrogen and oxygen atoms in total. The Bertz CT molecular complexity index is 1330. The van der Waals surface area contributed by atoms with Crippen molar-refractivity contribution in [2.24, 2.45) is 11.8 Å². The van der Waals surface area contributed by atoms with E-state index in [0.29, 0.717) is 35.6 Å². The lowest BCUT2D eigenvalue weighted by Gasteiger charge is -2.43. The van der Waals surface area contributed by atoms with E-state index in [1.165, 1.54) is 31.4 Å². The minimum Gasteiger partial charge on any atom is -0.497 e. The van der Waals surface area contributed by atoms with Crippen LogP contribution >= 0.6 is 0 Å². The molecule has 0 N–H and O–H groups in total. The van der Waals surface area contributed by atoms with E-state index in [4.69, 9.17) is 9.47 Å². The number of nitrogens with zero attached hydrogens (tertiary/aromatic N) is 1. The van der Waals surface area contributed by atoms with E-state index in [2.05, 4.69) is 0 Å². The number of methoxy groups -OCH3 is 2. The molecular formula is C30H30F3NO4. The molecule has 0 saturated carbocycles. The Morgan fingerprint density at radius 3 is 2.26 bits per heavy atom. The molecule has 3 aromatic carbocycles. The smallest absolute Gasteiger partial charge is 0.170 e.